The van der Waals surface area contributed by atoms with Crippen molar-refractivity contribution in [3.63, 3.8) is 0 Å². The zero-order valence-corrected chi connectivity index (χ0v) is 13.2. The minimum Gasteiger partial charge on any atom is -0.481 e. The summed E-state index contributed by atoms with van der Waals surface area (Å²) < 4.78 is 4.98. The van der Waals surface area contributed by atoms with Crippen molar-refractivity contribution in [2.75, 3.05) is 20.2 Å². The van der Waals surface area contributed by atoms with Gasteiger partial charge in [0.05, 0.1) is 7.11 Å². The van der Waals surface area contributed by atoms with Crippen molar-refractivity contribution in [1.82, 2.24) is 10.2 Å². The molecule has 2 amide bonds. The number of carbonyl (C=O) groups excluding carboxylic acids is 1. The van der Waals surface area contributed by atoms with E-state index in [1.807, 2.05) is 0 Å². The predicted octanol–water partition coefficient (Wildman–Crippen LogP) is 0.538. The molecule has 22 heavy (non-hydrogen) atoms. The fourth-order valence-electron chi connectivity index (χ4n) is 2.07. The quantitative estimate of drug-likeness (QED) is 0.641. The van der Waals surface area contributed by atoms with E-state index in [0.717, 1.165) is 12.8 Å². The van der Waals surface area contributed by atoms with Crippen molar-refractivity contribution in [3.8, 4) is 0 Å². The number of amidine groups is 1. The van der Waals surface area contributed by atoms with Gasteiger partial charge in [-0.1, -0.05) is 6.58 Å². The number of methoxy groups -OCH3 is 1. The van der Waals surface area contributed by atoms with Gasteiger partial charge >= 0.3 is 6.03 Å². The lowest BCUT2D eigenvalue weighted by Gasteiger charge is -2.29. The third-order valence-electron chi connectivity index (χ3n) is 3.31. The number of nitrogens with two attached hydrogens (primary N) is 2. The van der Waals surface area contributed by atoms with Gasteiger partial charge in [0, 0.05) is 25.3 Å². The highest BCUT2D eigenvalue weighted by molar-refractivity contribution is 8.27. The van der Waals surface area contributed by atoms with E-state index in [1.165, 1.54) is 25.1 Å². The maximum atomic E-state index is 12.2. The van der Waals surface area contributed by atoms with Crippen LogP contribution in [0.5, 0.6) is 0 Å². The van der Waals surface area contributed by atoms with Crippen LogP contribution in [0.1, 0.15) is 12.8 Å². The number of urea groups is 1. The fraction of sp³-hybridized carbons (Fsp3) is 0.462. The molecule has 2 aliphatic heterocycles. The van der Waals surface area contributed by atoms with Crippen LogP contribution in [0, 0.1) is 0 Å². The van der Waals surface area contributed by atoms with Crippen molar-refractivity contribution in [1.29, 1.82) is 0 Å². The molecule has 1 fully saturated rings. The number of piperidine rings is 1. The Labute approximate surface area is 133 Å². The van der Waals surface area contributed by atoms with Crippen LogP contribution in [0.4, 0.5) is 4.79 Å². The fourth-order valence-corrected chi connectivity index (χ4v) is 2.89. The molecule has 0 atom stereocenters. The van der Waals surface area contributed by atoms with Crippen LogP contribution in [0.2, 0.25) is 0 Å². The molecule has 2 aliphatic rings. The Morgan fingerprint density at radius 2 is 2.27 bits per heavy atom. The molecule has 0 aromatic rings. The van der Waals surface area contributed by atoms with Crippen LogP contribution < -0.4 is 16.8 Å². The Bertz CT molecular complexity index is 549. The Kier molecular flexibility index (Phi) is 5.45. The topological polar surface area (TPSA) is 118 Å². The third kappa shape index (κ3) is 3.80. The van der Waals surface area contributed by atoms with Crippen molar-refractivity contribution in [3.05, 3.63) is 24.4 Å². The van der Waals surface area contributed by atoms with E-state index in [2.05, 4.69) is 21.9 Å². The third-order valence-corrected chi connectivity index (χ3v) is 4.19. The number of hydrogen-bond donors (Lipinski definition) is 3. The standard InChI is InChI=1S/C13H20N6O2S/c1-3-16-11-9(10(15)21-2)17-12(22-11)18-13(20)19-6-4-8(14)5-7-19/h3,8H,1,4-7,14-15H2,2H3,(H,17,18,20)/b10-9-,16-11+. The molecule has 1 saturated heterocycles. The van der Waals surface area contributed by atoms with Gasteiger partial charge in [-0.05, 0) is 24.6 Å². The molecule has 0 spiro atoms. The molecule has 2 rings (SSSR count). The van der Waals surface area contributed by atoms with E-state index in [9.17, 15) is 4.79 Å². The van der Waals surface area contributed by atoms with E-state index in [1.54, 1.807) is 4.90 Å². The van der Waals surface area contributed by atoms with Gasteiger partial charge in [-0.3, -0.25) is 5.32 Å². The lowest BCUT2D eigenvalue weighted by molar-refractivity contribution is 0.187. The van der Waals surface area contributed by atoms with Gasteiger partial charge in [0.1, 0.15) is 5.04 Å². The number of nitrogens with zero attached hydrogens (tertiary/aromatic N) is 3. The van der Waals surface area contributed by atoms with E-state index >= 15 is 0 Å². The average Bonchev–Trinajstić information content (AvgIpc) is 2.90. The predicted molar refractivity (Wildman–Crippen MR) is 88.2 cm³/mol. The van der Waals surface area contributed by atoms with Gasteiger partial charge in [0.25, 0.3) is 0 Å². The van der Waals surface area contributed by atoms with Gasteiger partial charge < -0.3 is 21.1 Å². The maximum absolute atomic E-state index is 12.2. The van der Waals surface area contributed by atoms with E-state index in [4.69, 9.17) is 16.2 Å². The number of aliphatic imine (C=N–C) groups is 2. The summed E-state index contributed by atoms with van der Waals surface area (Å²) in [5.41, 5.74) is 12.0. The van der Waals surface area contributed by atoms with Gasteiger partial charge in [0.2, 0.25) is 5.88 Å². The SMILES string of the molecule is C=C/N=C1/SC(NC(=O)N2CCC(N)CC2)=N/C1=C(/N)OC. The van der Waals surface area contributed by atoms with E-state index in [0.29, 0.717) is 29.0 Å². The number of likely N-dealkylation sites (tertiary alicyclic amines) is 1. The smallest absolute Gasteiger partial charge is 0.323 e. The second kappa shape index (κ2) is 7.32. The number of thioether (sulfide) groups is 1. The highest BCUT2D eigenvalue weighted by Crippen LogP contribution is 2.25. The molecular weight excluding hydrogens is 304 g/mol. The molecule has 0 aromatic carbocycles. The second-order valence-corrected chi connectivity index (χ2v) is 5.78. The first kappa shape index (κ1) is 16.4. The second-order valence-electron chi connectivity index (χ2n) is 4.81. The molecule has 0 bridgehead atoms. The van der Waals surface area contributed by atoms with Crippen molar-refractivity contribution < 1.29 is 9.53 Å². The van der Waals surface area contributed by atoms with Crippen LogP contribution in [0.25, 0.3) is 0 Å². The average molecular weight is 324 g/mol. The minimum atomic E-state index is -0.201. The monoisotopic (exact) mass is 324 g/mol. The Balaban J connectivity index is 2.05. The molecule has 2 heterocycles. The molecule has 0 unspecified atom stereocenters. The summed E-state index contributed by atoms with van der Waals surface area (Å²) in [6, 6.07) is -0.0297. The normalized spacial score (nSPS) is 23.3. The number of carbonyl (C=O) groups is 1. The van der Waals surface area contributed by atoms with Gasteiger partial charge in [-0.25, -0.2) is 14.8 Å². The van der Waals surface area contributed by atoms with Crippen molar-refractivity contribution in [2.24, 2.45) is 21.5 Å². The Morgan fingerprint density at radius 3 is 2.86 bits per heavy atom. The zero-order valence-electron chi connectivity index (χ0n) is 12.4. The molecule has 0 saturated carbocycles. The molecule has 5 N–H and O–H groups in total. The number of rotatable bonds is 2. The summed E-state index contributed by atoms with van der Waals surface area (Å²) in [7, 11) is 1.45. The number of nitrogens with one attached hydrogen (secondary N) is 1. The summed E-state index contributed by atoms with van der Waals surface area (Å²) in [4.78, 5) is 22.3. The lowest BCUT2D eigenvalue weighted by atomic mass is 10.1. The highest BCUT2D eigenvalue weighted by atomic mass is 32.2. The maximum Gasteiger partial charge on any atom is 0.323 e. The Hall–Kier alpha value is -2.00. The first-order valence-electron chi connectivity index (χ1n) is 6.86. The van der Waals surface area contributed by atoms with Gasteiger partial charge in [-0.15, -0.1) is 0 Å². The van der Waals surface area contributed by atoms with Gasteiger partial charge in [-0.2, -0.15) is 0 Å². The van der Waals surface area contributed by atoms with Crippen molar-refractivity contribution in [2.45, 2.75) is 18.9 Å². The molecule has 0 radical (unpaired) electrons. The lowest BCUT2D eigenvalue weighted by Crippen LogP contribution is -2.48. The number of amides is 2. The van der Waals surface area contributed by atoms with Crippen LogP contribution in [-0.4, -0.2) is 47.4 Å². The minimum absolute atomic E-state index is 0.140. The largest absolute Gasteiger partial charge is 0.481 e. The summed E-state index contributed by atoms with van der Waals surface area (Å²) in [5.74, 6) is 0.140. The molecule has 8 nitrogen and oxygen atoms in total. The zero-order chi connectivity index (χ0) is 16.1. The summed E-state index contributed by atoms with van der Waals surface area (Å²) in [6.45, 7) is 4.83. The van der Waals surface area contributed by atoms with Crippen molar-refractivity contribution >= 4 is 28.0 Å². The summed E-state index contributed by atoms with van der Waals surface area (Å²) >= 11 is 1.21. The van der Waals surface area contributed by atoms with Crippen LogP contribution in [0.3, 0.4) is 0 Å². The number of ether oxygens (including phenoxy) is 1. The van der Waals surface area contributed by atoms with Crippen LogP contribution in [0.15, 0.2) is 34.3 Å². The van der Waals surface area contributed by atoms with E-state index < -0.39 is 0 Å². The van der Waals surface area contributed by atoms with E-state index in [-0.39, 0.29) is 18.0 Å². The molecule has 0 aliphatic carbocycles. The van der Waals surface area contributed by atoms with Crippen LogP contribution in [-0.2, 0) is 4.74 Å². The highest BCUT2D eigenvalue weighted by Gasteiger charge is 2.27. The molecule has 9 heteroatoms. The Morgan fingerprint density at radius 1 is 1.59 bits per heavy atom. The molecular formula is C13H20N6O2S. The van der Waals surface area contributed by atoms with Crippen LogP contribution >= 0.6 is 11.8 Å². The number of hydrogen-bond acceptors (Lipinski definition) is 7. The first-order valence-corrected chi connectivity index (χ1v) is 7.67. The first-order chi connectivity index (χ1) is 10.5. The summed E-state index contributed by atoms with van der Waals surface area (Å²) in [5, 5.41) is 3.70. The summed E-state index contributed by atoms with van der Waals surface area (Å²) in [6.07, 6.45) is 2.99. The molecule has 120 valence electrons. The van der Waals surface area contributed by atoms with Gasteiger partial charge in [0.15, 0.2) is 10.9 Å². The molecule has 0 aromatic heterocycles.